The maximum Gasteiger partial charge on any atom is 0.330 e. The van der Waals surface area contributed by atoms with Crippen molar-refractivity contribution in [1.82, 2.24) is 0 Å². The van der Waals surface area contributed by atoms with E-state index in [1.54, 1.807) is 0 Å². The summed E-state index contributed by atoms with van der Waals surface area (Å²) < 4.78 is 5.68. The van der Waals surface area contributed by atoms with Crippen LogP contribution in [0.25, 0.3) is 0 Å². The molecule has 18 heavy (non-hydrogen) atoms. The van der Waals surface area contributed by atoms with E-state index in [-0.39, 0.29) is 16.8 Å². The van der Waals surface area contributed by atoms with Crippen molar-refractivity contribution in [3.63, 3.8) is 0 Å². The zero-order valence-corrected chi connectivity index (χ0v) is 11.3. The van der Waals surface area contributed by atoms with Gasteiger partial charge in [-0.2, -0.15) is 0 Å². The van der Waals surface area contributed by atoms with Crippen molar-refractivity contribution in [2.45, 2.75) is 63.6 Å². The van der Waals surface area contributed by atoms with Crippen LogP contribution in [0.5, 0.6) is 0 Å². The minimum Gasteiger partial charge on any atom is -0.456 e. The second-order valence-electron chi connectivity index (χ2n) is 7.71. The summed E-state index contributed by atoms with van der Waals surface area (Å²) in [5, 5.41) is 10.8. The van der Waals surface area contributed by atoms with Crippen LogP contribution in [-0.4, -0.2) is 22.3 Å². The number of hydrogen-bond acceptors (Lipinski definition) is 3. The maximum absolute atomic E-state index is 11.6. The van der Waals surface area contributed by atoms with Crippen molar-refractivity contribution < 1.29 is 14.6 Å². The molecule has 4 rings (SSSR count). The van der Waals surface area contributed by atoms with E-state index in [2.05, 4.69) is 20.4 Å². The monoisotopic (exact) mass is 250 g/mol. The lowest BCUT2D eigenvalue weighted by molar-refractivity contribution is -0.258. The maximum atomic E-state index is 11.6. The van der Waals surface area contributed by atoms with E-state index >= 15 is 0 Å². The van der Waals surface area contributed by atoms with Crippen LogP contribution in [0.2, 0.25) is 0 Å². The average Bonchev–Trinajstić information content (AvgIpc) is 2.08. The molecule has 0 amide bonds. The first-order chi connectivity index (χ1) is 8.20. The number of hydrogen-bond donors (Lipinski definition) is 1. The van der Waals surface area contributed by atoms with E-state index in [1.807, 2.05) is 0 Å². The van der Waals surface area contributed by atoms with Gasteiger partial charge >= 0.3 is 5.97 Å². The zero-order chi connectivity index (χ0) is 13.2. The van der Waals surface area contributed by atoms with Gasteiger partial charge in [-0.15, -0.1) is 0 Å². The Balaban J connectivity index is 1.98. The Morgan fingerprint density at radius 3 is 2.11 bits per heavy atom. The molecular weight excluding hydrogens is 228 g/mol. The number of carbonyl (C=O) groups is 1. The summed E-state index contributed by atoms with van der Waals surface area (Å²) in [4.78, 5) is 11.6. The van der Waals surface area contributed by atoms with Gasteiger partial charge in [0.2, 0.25) is 0 Å². The molecule has 3 heteroatoms. The van der Waals surface area contributed by atoms with Gasteiger partial charge < -0.3 is 9.84 Å². The van der Waals surface area contributed by atoms with Crippen molar-refractivity contribution in [1.29, 1.82) is 0 Å². The molecule has 4 bridgehead atoms. The Hall–Kier alpha value is -0.830. The summed E-state index contributed by atoms with van der Waals surface area (Å²) >= 11 is 0. The van der Waals surface area contributed by atoms with Crippen LogP contribution in [0.15, 0.2) is 12.7 Å². The summed E-state index contributed by atoms with van der Waals surface area (Å²) in [6, 6.07) is 0. The summed E-state index contributed by atoms with van der Waals surface area (Å²) in [6.07, 6.45) is 6.44. The van der Waals surface area contributed by atoms with E-state index in [0.29, 0.717) is 6.42 Å². The van der Waals surface area contributed by atoms with Gasteiger partial charge in [0, 0.05) is 12.5 Å². The molecule has 0 aromatic carbocycles. The third kappa shape index (κ3) is 1.71. The van der Waals surface area contributed by atoms with Crippen LogP contribution in [0.3, 0.4) is 0 Å². The lowest BCUT2D eigenvalue weighted by Gasteiger charge is -2.67. The Kier molecular flexibility index (Phi) is 2.16. The smallest absolute Gasteiger partial charge is 0.330 e. The zero-order valence-electron chi connectivity index (χ0n) is 11.3. The molecule has 4 aliphatic rings. The highest BCUT2D eigenvalue weighted by molar-refractivity contribution is 5.81. The highest BCUT2D eigenvalue weighted by atomic mass is 16.6. The van der Waals surface area contributed by atoms with Crippen LogP contribution in [0.4, 0.5) is 0 Å². The molecule has 0 aliphatic heterocycles. The topological polar surface area (TPSA) is 46.5 Å². The van der Waals surface area contributed by atoms with Crippen molar-refractivity contribution in [2.24, 2.45) is 10.8 Å². The molecule has 0 saturated heterocycles. The standard InChI is InChI=1S/C15H22O3/c1-4-11(16)18-15-8-12(2)5-13(3,9-15)7-14(17,6-12)10-15/h4,17H,1,5-10H2,2-3H3. The minimum absolute atomic E-state index is 0.111. The second-order valence-corrected chi connectivity index (χ2v) is 7.71. The SMILES string of the molecule is C=CC(=O)OC12CC3(C)CC(C)(CC(O)(C3)C1)C2. The molecule has 0 heterocycles. The molecule has 4 fully saturated rings. The van der Waals surface area contributed by atoms with Gasteiger partial charge in [-0.25, -0.2) is 4.79 Å². The molecule has 0 aromatic heterocycles. The quantitative estimate of drug-likeness (QED) is 0.605. The fourth-order valence-electron chi connectivity index (χ4n) is 5.89. The van der Waals surface area contributed by atoms with Gasteiger partial charge in [0.1, 0.15) is 5.60 Å². The van der Waals surface area contributed by atoms with Crippen molar-refractivity contribution in [3.8, 4) is 0 Å². The predicted molar refractivity (Wildman–Crippen MR) is 67.9 cm³/mol. The number of carbonyl (C=O) groups excluding carboxylic acids is 1. The van der Waals surface area contributed by atoms with Crippen molar-refractivity contribution >= 4 is 5.97 Å². The Morgan fingerprint density at radius 2 is 1.67 bits per heavy atom. The third-order valence-corrected chi connectivity index (χ3v) is 5.00. The molecular formula is C15H22O3. The first kappa shape index (κ1) is 12.2. The number of esters is 1. The summed E-state index contributed by atoms with van der Waals surface area (Å²) in [5.41, 5.74) is -0.878. The summed E-state index contributed by atoms with van der Waals surface area (Å²) in [7, 11) is 0. The van der Waals surface area contributed by atoms with Crippen LogP contribution in [0, 0.1) is 10.8 Å². The molecule has 1 N–H and O–H groups in total. The number of rotatable bonds is 2. The van der Waals surface area contributed by atoms with E-state index in [9.17, 15) is 9.90 Å². The fourth-order valence-corrected chi connectivity index (χ4v) is 5.89. The van der Waals surface area contributed by atoms with E-state index in [0.717, 1.165) is 32.1 Å². The van der Waals surface area contributed by atoms with Gasteiger partial charge in [0.05, 0.1) is 5.60 Å². The Morgan fingerprint density at radius 1 is 1.11 bits per heavy atom. The van der Waals surface area contributed by atoms with E-state index in [1.165, 1.54) is 6.08 Å². The second kappa shape index (κ2) is 3.19. The molecule has 0 radical (unpaired) electrons. The van der Waals surface area contributed by atoms with Crippen LogP contribution < -0.4 is 0 Å². The normalized spacial score (nSPS) is 53.3. The molecule has 0 spiro atoms. The summed E-state index contributed by atoms with van der Waals surface area (Å²) in [6.45, 7) is 7.93. The first-order valence-corrected chi connectivity index (χ1v) is 6.78. The van der Waals surface area contributed by atoms with Gasteiger partial charge in [-0.1, -0.05) is 20.4 Å². The molecule has 2 unspecified atom stereocenters. The van der Waals surface area contributed by atoms with Gasteiger partial charge in [0.15, 0.2) is 0 Å². The number of aliphatic hydroxyl groups is 1. The molecule has 100 valence electrons. The summed E-state index contributed by atoms with van der Waals surface area (Å²) in [5.74, 6) is -0.354. The van der Waals surface area contributed by atoms with Crippen molar-refractivity contribution in [2.75, 3.05) is 0 Å². The van der Waals surface area contributed by atoms with E-state index in [4.69, 9.17) is 4.74 Å². The molecule has 4 saturated carbocycles. The fraction of sp³-hybridized carbons (Fsp3) is 0.800. The lowest BCUT2D eigenvalue weighted by Crippen LogP contribution is -2.66. The van der Waals surface area contributed by atoms with Crippen LogP contribution >= 0.6 is 0 Å². The van der Waals surface area contributed by atoms with Gasteiger partial charge in [-0.05, 0) is 42.9 Å². The van der Waals surface area contributed by atoms with Gasteiger partial charge in [0.25, 0.3) is 0 Å². The molecule has 3 nitrogen and oxygen atoms in total. The average molecular weight is 250 g/mol. The largest absolute Gasteiger partial charge is 0.456 e. The van der Waals surface area contributed by atoms with Crippen molar-refractivity contribution in [3.05, 3.63) is 12.7 Å². The highest BCUT2D eigenvalue weighted by Crippen LogP contribution is 2.68. The molecule has 4 aliphatic carbocycles. The minimum atomic E-state index is -0.639. The number of ether oxygens (including phenoxy) is 1. The molecule has 2 atom stereocenters. The van der Waals surface area contributed by atoms with E-state index < -0.39 is 11.2 Å². The van der Waals surface area contributed by atoms with Gasteiger partial charge in [-0.3, -0.25) is 0 Å². The lowest BCUT2D eigenvalue weighted by atomic mass is 9.42. The van der Waals surface area contributed by atoms with Crippen LogP contribution in [0.1, 0.15) is 52.4 Å². The highest BCUT2D eigenvalue weighted by Gasteiger charge is 2.66. The first-order valence-electron chi connectivity index (χ1n) is 6.78. The Bertz CT molecular complexity index is 372. The van der Waals surface area contributed by atoms with Crippen LogP contribution in [-0.2, 0) is 9.53 Å². The molecule has 0 aromatic rings. The third-order valence-electron chi connectivity index (χ3n) is 5.00. The predicted octanol–water partition coefficient (Wildman–Crippen LogP) is 2.58. The Labute approximate surface area is 108 Å².